The monoisotopic (exact) mass is 273 g/mol. The van der Waals surface area contributed by atoms with Crippen molar-refractivity contribution in [1.29, 1.82) is 0 Å². The average Bonchev–Trinajstić information content (AvgIpc) is 2.39. The van der Waals surface area contributed by atoms with E-state index in [1.54, 1.807) is 0 Å². The molecule has 0 radical (unpaired) electrons. The van der Waals surface area contributed by atoms with Crippen LogP contribution < -0.4 is 5.32 Å². The molecule has 0 aromatic heterocycles. The molecule has 2 rings (SSSR count). The lowest BCUT2D eigenvalue weighted by Gasteiger charge is -2.43. The van der Waals surface area contributed by atoms with E-state index in [0.717, 1.165) is 50.9 Å². The predicted octanol–water partition coefficient (Wildman–Crippen LogP) is 2.45. The molecule has 4 heteroatoms. The highest BCUT2D eigenvalue weighted by Gasteiger charge is 2.38. The van der Waals surface area contributed by atoms with Gasteiger partial charge in [-0.3, -0.25) is 0 Å². The van der Waals surface area contributed by atoms with E-state index in [2.05, 4.69) is 18.5 Å². The summed E-state index contributed by atoms with van der Waals surface area (Å²) in [6.07, 6.45) is 7.93. The van der Waals surface area contributed by atoms with E-state index in [1.807, 2.05) is 11.8 Å². The van der Waals surface area contributed by atoms with Crippen LogP contribution in [0.1, 0.15) is 39.0 Å². The number of hydrogen-bond donors (Lipinski definition) is 1. The maximum absolute atomic E-state index is 6.06. The van der Waals surface area contributed by atoms with Crippen LogP contribution in [0.4, 0.5) is 0 Å². The summed E-state index contributed by atoms with van der Waals surface area (Å²) in [6, 6.07) is 0.644. The molecule has 0 aliphatic carbocycles. The van der Waals surface area contributed by atoms with Crippen LogP contribution in [0.5, 0.6) is 0 Å². The first-order valence-electron chi connectivity index (χ1n) is 7.22. The Morgan fingerprint density at radius 1 is 1.33 bits per heavy atom. The van der Waals surface area contributed by atoms with Gasteiger partial charge < -0.3 is 14.8 Å². The van der Waals surface area contributed by atoms with Gasteiger partial charge in [-0.15, -0.1) is 0 Å². The van der Waals surface area contributed by atoms with Crippen LogP contribution in [0.2, 0.25) is 0 Å². The molecule has 3 nitrogen and oxygen atoms in total. The van der Waals surface area contributed by atoms with Crippen molar-refractivity contribution in [1.82, 2.24) is 5.32 Å². The Balaban J connectivity index is 1.72. The zero-order valence-corrected chi connectivity index (χ0v) is 12.6. The van der Waals surface area contributed by atoms with Gasteiger partial charge in [-0.25, -0.2) is 0 Å². The normalized spacial score (nSPS) is 29.3. The fraction of sp³-hybridized carbons (Fsp3) is 1.00. The van der Waals surface area contributed by atoms with Crippen molar-refractivity contribution in [2.24, 2.45) is 0 Å². The van der Waals surface area contributed by atoms with Crippen LogP contribution in [0.15, 0.2) is 0 Å². The van der Waals surface area contributed by atoms with E-state index in [-0.39, 0.29) is 5.60 Å². The van der Waals surface area contributed by atoms with E-state index in [1.165, 1.54) is 12.8 Å². The second-order valence-corrected chi connectivity index (χ2v) is 6.90. The quantitative estimate of drug-likeness (QED) is 0.833. The molecule has 0 aromatic carbocycles. The van der Waals surface area contributed by atoms with Gasteiger partial charge in [0.05, 0.1) is 5.60 Å². The number of ether oxygens (including phenoxy) is 2. The van der Waals surface area contributed by atoms with Crippen LogP contribution in [0.3, 0.4) is 0 Å². The molecule has 0 saturated carbocycles. The molecular formula is C14H27NO2S. The Morgan fingerprint density at radius 2 is 2.11 bits per heavy atom. The fourth-order valence-corrected chi connectivity index (χ4v) is 3.26. The number of thioether (sulfide) groups is 1. The second kappa shape index (κ2) is 7.13. The minimum absolute atomic E-state index is 0.124. The van der Waals surface area contributed by atoms with Crippen molar-refractivity contribution in [2.75, 3.05) is 32.6 Å². The summed E-state index contributed by atoms with van der Waals surface area (Å²) in [7, 11) is 0. The Kier molecular flexibility index (Phi) is 5.80. The van der Waals surface area contributed by atoms with Gasteiger partial charge in [0.15, 0.2) is 0 Å². The summed E-state index contributed by atoms with van der Waals surface area (Å²) in [5.74, 6) is 0. The summed E-state index contributed by atoms with van der Waals surface area (Å²) >= 11 is 1.95. The predicted molar refractivity (Wildman–Crippen MR) is 77.4 cm³/mol. The van der Waals surface area contributed by atoms with Crippen molar-refractivity contribution >= 4 is 11.8 Å². The Bertz CT molecular complexity index is 238. The van der Waals surface area contributed by atoms with Crippen LogP contribution in [-0.2, 0) is 9.47 Å². The summed E-state index contributed by atoms with van der Waals surface area (Å²) in [4.78, 5) is 0. The minimum Gasteiger partial charge on any atom is -0.381 e. The molecule has 2 heterocycles. The van der Waals surface area contributed by atoms with Crippen LogP contribution in [0, 0.1) is 0 Å². The van der Waals surface area contributed by atoms with Crippen LogP contribution in [-0.4, -0.2) is 49.5 Å². The zero-order chi connectivity index (χ0) is 12.8. The zero-order valence-electron chi connectivity index (χ0n) is 11.7. The minimum atomic E-state index is 0.124. The molecule has 2 unspecified atom stereocenters. The average molecular weight is 273 g/mol. The molecular weight excluding hydrogens is 246 g/mol. The molecule has 1 N–H and O–H groups in total. The molecule has 2 atom stereocenters. The molecule has 1 spiro atoms. The van der Waals surface area contributed by atoms with Crippen LogP contribution in [0.25, 0.3) is 0 Å². The maximum Gasteiger partial charge on any atom is 0.0741 e. The third-order valence-corrected chi connectivity index (χ3v) is 5.32. The van der Waals surface area contributed by atoms with E-state index in [4.69, 9.17) is 9.47 Å². The van der Waals surface area contributed by atoms with Crippen molar-refractivity contribution in [3.05, 3.63) is 0 Å². The molecule has 0 bridgehead atoms. The first-order valence-corrected chi connectivity index (χ1v) is 8.51. The molecule has 106 valence electrons. The first-order chi connectivity index (χ1) is 8.74. The van der Waals surface area contributed by atoms with Gasteiger partial charge in [0, 0.05) is 31.1 Å². The summed E-state index contributed by atoms with van der Waals surface area (Å²) in [5.41, 5.74) is 0.124. The molecule has 2 saturated heterocycles. The van der Waals surface area contributed by atoms with Crippen molar-refractivity contribution in [3.63, 3.8) is 0 Å². The third-order valence-electron chi connectivity index (χ3n) is 4.28. The summed E-state index contributed by atoms with van der Waals surface area (Å²) in [5, 5.41) is 4.48. The van der Waals surface area contributed by atoms with Gasteiger partial charge in [0.25, 0.3) is 0 Å². The van der Waals surface area contributed by atoms with E-state index < -0.39 is 0 Å². The van der Waals surface area contributed by atoms with E-state index in [9.17, 15) is 0 Å². The number of nitrogens with one attached hydrogen (secondary N) is 1. The lowest BCUT2D eigenvalue weighted by atomic mass is 9.84. The molecule has 18 heavy (non-hydrogen) atoms. The Morgan fingerprint density at radius 3 is 2.83 bits per heavy atom. The Hall–Kier alpha value is 0.230. The topological polar surface area (TPSA) is 30.5 Å². The van der Waals surface area contributed by atoms with Crippen molar-refractivity contribution in [3.8, 4) is 0 Å². The van der Waals surface area contributed by atoms with Gasteiger partial charge in [0.2, 0.25) is 0 Å². The van der Waals surface area contributed by atoms with Crippen LogP contribution >= 0.6 is 11.8 Å². The lowest BCUT2D eigenvalue weighted by Crippen LogP contribution is -2.50. The highest BCUT2D eigenvalue weighted by atomic mass is 32.2. The largest absolute Gasteiger partial charge is 0.381 e. The number of hydrogen-bond acceptors (Lipinski definition) is 4. The van der Waals surface area contributed by atoms with E-state index in [0.29, 0.717) is 6.04 Å². The highest BCUT2D eigenvalue weighted by Crippen LogP contribution is 2.34. The van der Waals surface area contributed by atoms with Gasteiger partial charge in [0.1, 0.15) is 0 Å². The standard InChI is InChI=1S/C14H27NO2S/c1-12(18-2)3-7-15-13-4-8-17-14(11-13)5-9-16-10-6-14/h12-13,15H,3-11H2,1-2H3. The summed E-state index contributed by atoms with van der Waals surface area (Å²) in [6.45, 7) is 6.09. The molecule has 0 aromatic rings. The van der Waals surface area contributed by atoms with Crippen molar-refractivity contribution in [2.45, 2.75) is 55.9 Å². The van der Waals surface area contributed by atoms with Gasteiger partial charge in [-0.1, -0.05) is 6.92 Å². The van der Waals surface area contributed by atoms with Crippen molar-refractivity contribution < 1.29 is 9.47 Å². The second-order valence-electron chi connectivity index (χ2n) is 5.62. The summed E-state index contributed by atoms with van der Waals surface area (Å²) < 4.78 is 11.5. The van der Waals surface area contributed by atoms with Gasteiger partial charge in [-0.05, 0) is 44.9 Å². The number of rotatable bonds is 5. The first kappa shape index (κ1) is 14.6. The molecule has 0 amide bonds. The molecule has 2 aliphatic heterocycles. The smallest absolute Gasteiger partial charge is 0.0741 e. The fourth-order valence-electron chi connectivity index (χ4n) is 2.90. The molecule has 2 aliphatic rings. The third kappa shape index (κ3) is 4.12. The Labute approximate surface area is 115 Å². The van der Waals surface area contributed by atoms with Gasteiger partial charge in [-0.2, -0.15) is 11.8 Å². The molecule has 2 fully saturated rings. The van der Waals surface area contributed by atoms with E-state index >= 15 is 0 Å². The lowest BCUT2D eigenvalue weighted by molar-refractivity contribution is -0.140. The van der Waals surface area contributed by atoms with Gasteiger partial charge >= 0.3 is 0 Å². The maximum atomic E-state index is 6.06. The SMILES string of the molecule is CSC(C)CCNC1CCOC2(CCOCC2)C1. The highest BCUT2D eigenvalue weighted by molar-refractivity contribution is 7.99.